The van der Waals surface area contributed by atoms with Crippen LogP contribution in [0.2, 0.25) is 0 Å². The third-order valence-corrected chi connectivity index (χ3v) is 5.21. The highest BCUT2D eigenvalue weighted by molar-refractivity contribution is 5.16. The minimum Gasteiger partial charge on any atom is -0.386 e. The number of alkyl halides is 17. The van der Waals surface area contributed by atoms with Crippen LogP contribution in [0, 0.1) is 5.92 Å². The SMILES string of the molecule is OC(C1CCCCC1)C(F)(F)C(F)(F)C(F)(F)C(F)(F)C(F)(F)C(F)(F)C(F)(F)C(F)(F)F. The van der Waals surface area contributed by atoms with Crippen LogP contribution in [0.1, 0.15) is 32.1 Å². The molecule has 0 heterocycles. The first-order valence-corrected chi connectivity index (χ1v) is 8.66. The van der Waals surface area contributed by atoms with Crippen molar-refractivity contribution in [1.82, 2.24) is 0 Å². The van der Waals surface area contributed by atoms with Crippen LogP contribution < -0.4 is 0 Å². The lowest BCUT2D eigenvalue weighted by Gasteiger charge is -2.44. The Morgan fingerprint density at radius 1 is 0.455 bits per heavy atom. The van der Waals surface area contributed by atoms with E-state index in [4.69, 9.17) is 0 Å². The van der Waals surface area contributed by atoms with Crippen LogP contribution in [-0.4, -0.2) is 58.8 Å². The predicted octanol–water partition coefficient (Wildman–Crippen LogP) is 6.94. The predicted molar refractivity (Wildman–Crippen MR) is 73.3 cm³/mol. The van der Waals surface area contributed by atoms with Crippen molar-refractivity contribution in [3.63, 3.8) is 0 Å². The summed E-state index contributed by atoms with van der Waals surface area (Å²) in [7, 11) is 0. The van der Waals surface area contributed by atoms with Crippen LogP contribution in [-0.2, 0) is 0 Å². The molecule has 1 saturated carbocycles. The Bertz CT molecular complexity index is 689. The van der Waals surface area contributed by atoms with Gasteiger partial charge in [0.2, 0.25) is 0 Å². The Balaban J connectivity index is 3.56. The maximum absolute atomic E-state index is 13.9. The molecule has 0 aromatic heterocycles. The quantitative estimate of drug-likeness (QED) is 0.336. The third kappa shape index (κ3) is 4.00. The van der Waals surface area contributed by atoms with Crippen LogP contribution in [0.5, 0.6) is 0 Å². The van der Waals surface area contributed by atoms with Crippen molar-refractivity contribution in [2.24, 2.45) is 5.92 Å². The molecule has 1 rings (SSSR count). The summed E-state index contributed by atoms with van der Waals surface area (Å²) >= 11 is 0. The van der Waals surface area contributed by atoms with Gasteiger partial charge in [0.15, 0.2) is 0 Å². The van der Waals surface area contributed by atoms with E-state index in [1.807, 2.05) is 0 Å². The molecular formula is C15H13F17O. The molecule has 0 aliphatic heterocycles. The summed E-state index contributed by atoms with van der Waals surface area (Å²) in [6.07, 6.45) is -12.6. The Hall–Kier alpha value is -1.23. The van der Waals surface area contributed by atoms with E-state index in [2.05, 4.69) is 0 Å². The van der Waals surface area contributed by atoms with Gasteiger partial charge in [-0.3, -0.25) is 0 Å². The first-order valence-electron chi connectivity index (χ1n) is 8.66. The average molecular weight is 532 g/mol. The maximum Gasteiger partial charge on any atom is 0.460 e. The lowest BCUT2D eigenvalue weighted by Crippen LogP contribution is -2.75. The van der Waals surface area contributed by atoms with Crippen molar-refractivity contribution >= 4 is 0 Å². The van der Waals surface area contributed by atoms with E-state index in [1.165, 1.54) is 0 Å². The second-order valence-electron chi connectivity index (χ2n) is 7.41. The minimum absolute atomic E-state index is 0.0489. The van der Waals surface area contributed by atoms with Gasteiger partial charge in [0.1, 0.15) is 6.10 Å². The van der Waals surface area contributed by atoms with Gasteiger partial charge in [0.25, 0.3) is 0 Å². The summed E-state index contributed by atoms with van der Waals surface area (Å²) in [5, 5.41) is 9.35. The Morgan fingerprint density at radius 2 is 0.758 bits per heavy atom. The topological polar surface area (TPSA) is 20.2 Å². The lowest BCUT2D eigenvalue weighted by molar-refractivity contribution is -0.464. The van der Waals surface area contributed by atoms with Gasteiger partial charge >= 0.3 is 47.6 Å². The zero-order chi connectivity index (χ0) is 26.7. The molecule has 198 valence electrons. The summed E-state index contributed by atoms with van der Waals surface area (Å²) in [5.41, 5.74) is 0. The van der Waals surface area contributed by atoms with E-state index in [1.54, 1.807) is 0 Å². The van der Waals surface area contributed by atoms with Gasteiger partial charge in [-0.2, -0.15) is 74.6 Å². The Labute approximate surface area is 172 Å². The lowest BCUT2D eigenvalue weighted by atomic mass is 9.79. The third-order valence-electron chi connectivity index (χ3n) is 5.21. The number of rotatable bonds is 8. The second kappa shape index (κ2) is 8.17. The van der Waals surface area contributed by atoms with E-state index in [0.29, 0.717) is 0 Å². The van der Waals surface area contributed by atoms with Gasteiger partial charge < -0.3 is 5.11 Å². The normalized spacial score (nSPS) is 20.2. The number of halogens is 17. The van der Waals surface area contributed by atoms with E-state index in [-0.39, 0.29) is 19.3 Å². The molecule has 1 fully saturated rings. The number of aliphatic hydroxyl groups excluding tert-OH is 1. The Kier molecular flexibility index (Phi) is 7.38. The number of hydrogen-bond acceptors (Lipinski definition) is 1. The summed E-state index contributed by atoms with van der Waals surface area (Å²) in [5.74, 6) is -58.9. The van der Waals surface area contributed by atoms with E-state index >= 15 is 0 Å². The molecular weight excluding hydrogens is 519 g/mol. The fourth-order valence-corrected chi connectivity index (χ4v) is 3.11. The fraction of sp³-hybridized carbons (Fsp3) is 1.00. The highest BCUT2D eigenvalue weighted by Gasteiger charge is 2.95. The van der Waals surface area contributed by atoms with E-state index < -0.39 is 72.5 Å². The van der Waals surface area contributed by atoms with Crippen LogP contribution in [0.15, 0.2) is 0 Å². The molecule has 1 N–H and O–H groups in total. The van der Waals surface area contributed by atoms with Crippen molar-refractivity contribution in [1.29, 1.82) is 0 Å². The molecule has 1 aliphatic rings. The van der Waals surface area contributed by atoms with Crippen molar-refractivity contribution in [3.8, 4) is 0 Å². The van der Waals surface area contributed by atoms with E-state index in [0.717, 1.165) is 0 Å². The molecule has 0 bridgehead atoms. The maximum atomic E-state index is 13.9. The van der Waals surface area contributed by atoms with Crippen LogP contribution in [0.4, 0.5) is 74.6 Å². The zero-order valence-electron chi connectivity index (χ0n) is 15.6. The molecule has 1 atom stereocenters. The molecule has 33 heavy (non-hydrogen) atoms. The minimum atomic E-state index is -8.65. The molecule has 0 saturated heterocycles. The Morgan fingerprint density at radius 3 is 1.09 bits per heavy atom. The molecule has 0 aromatic rings. The summed E-state index contributed by atoms with van der Waals surface area (Å²) in [6.45, 7) is 0. The first-order chi connectivity index (χ1) is 14.3. The van der Waals surface area contributed by atoms with E-state index in [9.17, 15) is 79.7 Å². The molecule has 1 unspecified atom stereocenters. The monoisotopic (exact) mass is 532 g/mol. The van der Waals surface area contributed by atoms with Gasteiger partial charge in [0.05, 0.1) is 0 Å². The van der Waals surface area contributed by atoms with Crippen molar-refractivity contribution in [2.45, 2.75) is 85.8 Å². The number of aliphatic hydroxyl groups is 1. The van der Waals surface area contributed by atoms with Crippen LogP contribution in [0.25, 0.3) is 0 Å². The standard InChI is InChI=1S/C15H13F17O/c16-8(17,7(33)6-4-2-1-3-5-6)9(18,19)10(20,21)11(22,23)12(24,25)13(26,27)14(28,29)15(30,31)32/h6-7,33H,1-5H2. The van der Waals surface area contributed by atoms with Gasteiger partial charge in [-0.1, -0.05) is 19.3 Å². The molecule has 0 amide bonds. The fourth-order valence-electron chi connectivity index (χ4n) is 3.11. The van der Waals surface area contributed by atoms with Crippen molar-refractivity contribution in [3.05, 3.63) is 0 Å². The molecule has 0 radical (unpaired) electrons. The van der Waals surface area contributed by atoms with Gasteiger partial charge in [-0.05, 0) is 18.8 Å². The zero-order valence-corrected chi connectivity index (χ0v) is 15.6. The van der Waals surface area contributed by atoms with Crippen LogP contribution >= 0.6 is 0 Å². The van der Waals surface area contributed by atoms with Gasteiger partial charge in [-0.25, -0.2) is 0 Å². The molecule has 18 heteroatoms. The summed E-state index contributed by atoms with van der Waals surface area (Å²) in [4.78, 5) is 0. The largest absolute Gasteiger partial charge is 0.460 e. The highest BCUT2D eigenvalue weighted by atomic mass is 19.4. The number of hydrogen-bond donors (Lipinski definition) is 1. The molecule has 1 aliphatic carbocycles. The molecule has 0 spiro atoms. The highest BCUT2D eigenvalue weighted by Crippen LogP contribution is 2.64. The molecule has 0 aromatic carbocycles. The second-order valence-corrected chi connectivity index (χ2v) is 7.41. The first kappa shape index (κ1) is 29.8. The average Bonchev–Trinajstić information content (AvgIpc) is 2.66. The van der Waals surface area contributed by atoms with Gasteiger partial charge in [-0.15, -0.1) is 0 Å². The summed E-state index contributed by atoms with van der Waals surface area (Å²) < 4.78 is 224. The van der Waals surface area contributed by atoms with Gasteiger partial charge in [0, 0.05) is 0 Å². The summed E-state index contributed by atoms with van der Waals surface area (Å²) in [6, 6.07) is 0. The molecule has 1 nitrogen and oxygen atoms in total. The van der Waals surface area contributed by atoms with Crippen molar-refractivity contribution < 1.29 is 79.7 Å². The smallest absolute Gasteiger partial charge is 0.386 e. The van der Waals surface area contributed by atoms with Crippen molar-refractivity contribution in [2.75, 3.05) is 0 Å². The van der Waals surface area contributed by atoms with Crippen LogP contribution in [0.3, 0.4) is 0 Å².